The summed E-state index contributed by atoms with van der Waals surface area (Å²) in [7, 11) is 3.93. The van der Waals surface area contributed by atoms with E-state index in [1.54, 1.807) is 24.3 Å². The fourth-order valence-electron chi connectivity index (χ4n) is 1.75. The van der Waals surface area contributed by atoms with Crippen molar-refractivity contribution in [1.29, 1.82) is 0 Å². The van der Waals surface area contributed by atoms with Gasteiger partial charge in [0.25, 0.3) is 5.91 Å². The van der Waals surface area contributed by atoms with Gasteiger partial charge in [-0.1, -0.05) is 17.7 Å². The van der Waals surface area contributed by atoms with Gasteiger partial charge in [-0.15, -0.1) is 0 Å². The highest BCUT2D eigenvalue weighted by Crippen LogP contribution is 2.18. The number of carbonyl (C=O) groups is 1. The maximum atomic E-state index is 11.8. The first kappa shape index (κ1) is 15.2. The predicted molar refractivity (Wildman–Crippen MR) is 86.3 cm³/mol. The summed E-state index contributed by atoms with van der Waals surface area (Å²) in [6.07, 6.45) is 0. The lowest BCUT2D eigenvalue weighted by molar-refractivity contribution is -0.118. The lowest BCUT2D eigenvalue weighted by Crippen LogP contribution is -2.20. The summed E-state index contributed by atoms with van der Waals surface area (Å²) in [5, 5.41) is 3.35. The molecule has 0 aliphatic heterocycles. The molecule has 2 aromatic rings. The first-order valence-electron chi connectivity index (χ1n) is 6.50. The number of anilines is 2. The van der Waals surface area contributed by atoms with Gasteiger partial charge >= 0.3 is 0 Å². The van der Waals surface area contributed by atoms with Crippen LogP contribution in [-0.4, -0.2) is 26.6 Å². The minimum atomic E-state index is -0.215. The van der Waals surface area contributed by atoms with Crippen LogP contribution in [0.1, 0.15) is 0 Å². The molecule has 0 saturated heterocycles. The highest BCUT2D eigenvalue weighted by atomic mass is 35.5. The molecule has 0 aromatic heterocycles. The second-order valence-corrected chi connectivity index (χ2v) is 5.17. The predicted octanol–water partition coefficient (Wildman–Crippen LogP) is 3.42. The maximum absolute atomic E-state index is 11.8. The van der Waals surface area contributed by atoms with Crippen LogP contribution in [0.3, 0.4) is 0 Å². The Morgan fingerprint density at radius 2 is 1.90 bits per heavy atom. The van der Waals surface area contributed by atoms with Crippen molar-refractivity contribution in [2.45, 2.75) is 0 Å². The van der Waals surface area contributed by atoms with E-state index in [1.807, 2.05) is 43.3 Å². The standard InChI is InChI=1S/C16H17ClN2O2/c1-19(2)14-8-6-13(7-9-14)18-16(20)11-21-15-5-3-4-12(17)10-15/h3-10H,11H2,1-2H3,(H,18,20). The fourth-order valence-corrected chi connectivity index (χ4v) is 1.93. The van der Waals surface area contributed by atoms with Gasteiger partial charge in [0.1, 0.15) is 5.75 Å². The third-order valence-electron chi connectivity index (χ3n) is 2.83. The highest BCUT2D eigenvalue weighted by molar-refractivity contribution is 6.30. The zero-order valence-electron chi connectivity index (χ0n) is 12.0. The molecule has 0 heterocycles. The Morgan fingerprint density at radius 1 is 1.19 bits per heavy atom. The Morgan fingerprint density at radius 3 is 2.52 bits per heavy atom. The molecule has 0 atom stereocenters. The molecule has 1 amide bonds. The lowest BCUT2D eigenvalue weighted by atomic mass is 10.2. The third kappa shape index (κ3) is 4.68. The van der Waals surface area contributed by atoms with E-state index in [-0.39, 0.29) is 12.5 Å². The first-order chi connectivity index (χ1) is 10.0. The second-order valence-electron chi connectivity index (χ2n) is 4.74. The molecule has 0 aliphatic carbocycles. The summed E-state index contributed by atoms with van der Waals surface area (Å²) in [5.74, 6) is 0.355. The van der Waals surface area contributed by atoms with Crippen molar-refractivity contribution in [3.63, 3.8) is 0 Å². The average Bonchev–Trinajstić information content (AvgIpc) is 2.46. The Bertz CT molecular complexity index is 612. The topological polar surface area (TPSA) is 41.6 Å². The molecule has 5 heteroatoms. The Kier molecular flexibility index (Phi) is 5.06. The Balaban J connectivity index is 1.87. The van der Waals surface area contributed by atoms with Crippen molar-refractivity contribution >= 4 is 28.9 Å². The van der Waals surface area contributed by atoms with Crippen molar-refractivity contribution < 1.29 is 9.53 Å². The number of halogens is 1. The highest BCUT2D eigenvalue weighted by Gasteiger charge is 2.04. The third-order valence-corrected chi connectivity index (χ3v) is 3.07. The minimum absolute atomic E-state index is 0.0597. The van der Waals surface area contributed by atoms with E-state index < -0.39 is 0 Å². The summed E-state index contributed by atoms with van der Waals surface area (Å²) in [6, 6.07) is 14.5. The number of ether oxygens (including phenoxy) is 1. The van der Waals surface area contributed by atoms with Crippen LogP contribution in [-0.2, 0) is 4.79 Å². The molecule has 0 aliphatic rings. The molecule has 0 fully saturated rings. The molecule has 1 N–H and O–H groups in total. The van der Waals surface area contributed by atoms with Gasteiger partial charge < -0.3 is 15.0 Å². The minimum Gasteiger partial charge on any atom is -0.484 e. The number of nitrogens with one attached hydrogen (secondary N) is 1. The molecule has 0 unspecified atom stereocenters. The van der Waals surface area contributed by atoms with Gasteiger partial charge in [0.15, 0.2) is 6.61 Å². The maximum Gasteiger partial charge on any atom is 0.262 e. The van der Waals surface area contributed by atoms with E-state index in [9.17, 15) is 4.79 Å². The van der Waals surface area contributed by atoms with E-state index in [2.05, 4.69) is 5.32 Å². The summed E-state index contributed by atoms with van der Waals surface area (Å²) >= 11 is 5.85. The van der Waals surface area contributed by atoms with Gasteiger partial charge in [0.2, 0.25) is 0 Å². The molecule has 0 bridgehead atoms. The van der Waals surface area contributed by atoms with Crippen LogP contribution in [0.25, 0.3) is 0 Å². The largest absolute Gasteiger partial charge is 0.484 e. The SMILES string of the molecule is CN(C)c1ccc(NC(=O)COc2cccc(Cl)c2)cc1. The zero-order valence-corrected chi connectivity index (χ0v) is 12.7. The van der Waals surface area contributed by atoms with E-state index in [4.69, 9.17) is 16.3 Å². The van der Waals surface area contributed by atoms with Gasteiger partial charge in [-0.3, -0.25) is 4.79 Å². The van der Waals surface area contributed by atoms with Crippen LogP contribution in [0.15, 0.2) is 48.5 Å². The van der Waals surface area contributed by atoms with Gasteiger partial charge in [-0.25, -0.2) is 0 Å². The van der Waals surface area contributed by atoms with Crippen LogP contribution in [0.5, 0.6) is 5.75 Å². The average molecular weight is 305 g/mol. The number of rotatable bonds is 5. The zero-order chi connectivity index (χ0) is 15.2. The molecule has 0 saturated carbocycles. The number of nitrogens with zero attached hydrogens (tertiary/aromatic N) is 1. The van der Waals surface area contributed by atoms with E-state index in [0.717, 1.165) is 11.4 Å². The van der Waals surface area contributed by atoms with Crippen LogP contribution in [0.4, 0.5) is 11.4 Å². The molecule has 2 aromatic carbocycles. The van der Waals surface area contributed by atoms with Crippen molar-refractivity contribution in [3.8, 4) is 5.75 Å². The molecular weight excluding hydrogens is 288 g/mol. The van der Waals surface area contributed by atoms with Gasteiger partial charge in [0.05, 0.1) is 0 Å². The van der Waals surface area contributed by atoms with Crippen molar-refractivity contribution in [2.75, 3.05) is 30.9 Å². The van der Waals surface area contributed by atoms with E-state index in [0.29, 0.717) is 10.8 Å². The number of amides is 1. The Labute approximate surface area is 129 Å². The molecule has 110 valence electrons. The number of hydrogen-bond acceptors (Lipinski definition) is 3. The van der Waals surface area contributed by atoms with Gasteiger partial charge in [-0.2, -0.15) is 0 Å². The molecule has 2 rings (SSSR count). The molecule has 0 radical (unpaired) electrons. The Hall–Kier alpha value is -2.20. The molecule has 21 heavy (non-hydrogen) atoms. The number of carbonyl (C=O) groups excluding carboxylic acids is 1. The van der Waals surface area contributed by atoms with Crippen LogP contribution in [0.2, 0.25) is 5.02 Å². The van der Waals surface area contributed by atoms with Gasteiger partial charge in [-0.05, 0) is 42.5 Å². The van der Waals surface area contributed by atoms with Crippen LogP contribution < -0.4 is 15.0 Å². The van der Waals surface area contributed by atoms with Gasteiger partial charge in [0, 0.05) is 30.5 Å². The number of benzene rings is 2. The molecule has 4 nitrogen and oxygen atoms in total. The quantitative estimate of drug-likeness (QED) is 0.920. The first-order valence-corrected chi connectivity index (χ1v) is 6.88. The summed E-state index contributed by atoms with van der Waals surface area (Å²) < 4.78 is 5.38. The lowest BCUT2D eigenvalue weighted by Gasteiger charge is -2.13. The van der Waals surface area contributed by atoms with E-state index >= 15 is 0 Å². The normalized spacial score (nSPS) is 10.0. The summed E-state index contributed by atoms with van der Waals surface area (Å²) in [6.45, 7) is -0.0597. The van der Waals surface area contributed by atoms with E-state index in [1.165, 1.54) is 0 Å². The van der Waals surface area contributed by atoms with Crippen molar-refractivity contribution in [1.82, 2.24) is 0 Å². The second kappa shape index (κ2) is 6.99. The summed E-state index contributed by atoms with van der Waals surface area (Å²) in [5.41, 5.74) is 1.81. The smallest absolute Gasteiger partial charge is 0.262 e. The van der Waals surface area contributed by atoms with Crippen LogP contribution >= 0.6 is 11.6 Å². The molecule has 0 spiro atoms. The van der Waals surface area contributed by atoms with Crippen LogP contribution in [0, 0.1) is 0 Å². The summed E-state index contributed by atoms with van der Waals surface area (Å²) in [4.78, 5) is 13.8. The number of hydrogen-bond donors (Lipinski definition) is 1. The fraction of sp³-hybridized carbons (Fsp3) is 0.188. The molecular formula is C16H17ClN2O2. The van der Waals surface area contributed by atoms with Crippen molar-refractivity contribution in [3.05, 3.63) is 53.6 Å². The van der Waals surface area contributed by atoms with Crippen molar-refractivity contribution in [2.24, 2.45) is 0 Å². The monoisotopic (exact) mass is 304 g/mol.